The normalized spacial score (nSPS) is 13.1. The number of para-hydroxylation sites is 2. The lowest BCUT2D eigenvalue weighted by Gasteiger charge is -2.27. The number of rotatable bonds is 6. The molecule has 8 heteroatoms. The molecule has 0 spiro atoms. The smallest absolute Gasteiger partial charge is 0.359 e. The second-order valence-corrected chi connectivity index (χ2v) is 5.75. The van der Waals surface area contributed by atoms with E-state index in [-0.39, 0.29) is 24.8 Å². The largest absolute Gasteiger partial charge is 0.493 e. The van der Waals surface area contributed by atoms with E-state index >= 15 is 0 Å². The van der Waals surface area contributed by atoms with Crippen LogP contribution in [0, 0.1) is 0 Å². The van der Waals surface area contributed by atoms with Gasteiger partial charge in [-0.25, -0.2) is 4.79 Å². The molecule has 0 aliphatic carbocycles. The van der Waals surface area contributed by atoms with Crippen molar-refractivity contribution in [2.45, 2.75) is 19.9 Å². The molecule has 1 aliphatic heterocycles. The average Bonchev–Trinajstić information content (AvgIpc) is 3.09. The molecule has 3 rings (SSSR count). The number of fused-ring (bicyclic) bond motifs is 1. The van der Waals surface area contributed by atoms with E-state index in [1.54, 1.807) is 31.1 Å². The van der Waals surface area contributed by atoms with Crippen molar-refractivity contribution in [3.8, 4) is 11.5 Å². The molecular weight excluding hydrogens is 338 g/mol. The predicted molar refractivity (Wildman–Crippen MR) is 92.2 cm³/mol. The Labute approximate surface area is 151 Å². The fourth-order valence-corrected chi connectivity index (χ4v) is 2.85. The number of nitrogens with zero attached hydrogens (tertiary/aromatic N) is 2. The molecule has 1 N–H and O–H groups in total. The third kappa shape index (κ3) is 3.63. The summed E-state index contributed by atoms with van der Waals surface area (Å²) in [6.07, 6.45) is 0.599. The minimum absolute atomic E-state index is 0.109. The molecule has 0 bridgehead atoms. The molecule has 0 unspecified atom stereocenters. The van der Waals surface area contributed by atoms with Gasteiger partial charge in [0, 0.05) is 24.2 Å². The second kappa shape index (κ2) is 7.90. The number of hydrogen-bond donors (Lipinski definition) is 1. The molecule has 2 aromatic rings. The third-order valence-corrected chi connectivity index (χ3v) is 4.18. The van der Waals surface area contributed by atoms with Crippen LogP contribution >= 0.6 is 0 Å². The van der Waals surface area contributed by atoms with Crippen LogP contribution in [-0.4, -0.2) is 53.8 Å². The molecule has 1 amide bonds. The third-order valence-electron chi connectivity index (χ3n) is 4.18. The Morgan fingerprint density at radius 1 is 1.27 bits per heavy atom. The summed E-state index contributed by atoms with van der Waals surface area (Å²) in [5.41, 5.74) is 1.81. The fourth-order valence-electron chi connectivity index (χ4n) is 2.85. The standard InChI is InChI=1S/C18H21N3O5/c1-3-25-18(23)17-12-10-21(9-8-13(12)19-20-17)16(22)11-26-15-7-5-4-6-14(15)24-2/h4-7H,3,8-11H2,1-2H3,(H,19,20). The summed E-state index contributed by atoms with van der Waals surface area (Å²) < 4.78 is 15.8. The maximum atomic E-state index is 12.5. The molecule has 0 fully saturated rings. The highest BCUT2D eigenvalue weighted by Gasteiger charge is 2.28. The first-order chi connectivity index (χ1) is 12.6. The number of nitrogens with one attached hydrogen (secondary N) is 1. The van der Waals surface area contributed by atoms with Gasteiger partial charge in [-0.3, -0.25) is 9.89 Å². The van der Waals surface area contributed by atoms with Crippen molar-refractivity contribution < 1.29 is 23.8 Å². The first-order valence-electron chi connectivity index (χ1n) is 8.40. The lowest BCUT2D eigenvalue weighted by atomic mass is 10.1. The SMILES string of the molecule is CCOC(=O)c1n[nH]c2c1CN(C(=O)COc1ccccc1OC)CC2. The quantitative estimate of drug-likeness (QED) is 0.787. The van der Waals surface area contributed by atoms with Gasteiger partial charge in [-0.15, -0.1) is 0 Å². The van der Waals surface area contributed by atoms with Crippen molar-refractivity contribution in [1.29, 1.82) is 0 Å². The summed E-state index contributed by atoms with van der Waals surface area (Å²) in [5.74, 6) is 0.430. The van der Waals surface area contributed by atoms with E-state index in [4.69, 9.17) is 14.2 Å². The molecule has 138 valence electrons. The van der Waals surface area contributed by atoms with E-state index in [0.29, 0.717) is 36.6 Å². The van der Waals surface area contributed by atoms with Crippen LogP contribution in [0.4, 0.5) is 0 Å². The molecule has 8 nitrogen and oxygen atoms in total. The zero-order chi connectivity index (χ0) is 18.5. The number of aromatic nitrogens is 2. The van der Waals surface area contributed by atoms with Gasteiger partial charge in [0.2, 0.25) is 0 Å². The highest BCUT2D eigenvalue weighted by molar-refractivity contribution is 5.89. The highest BCUT2D eigenvalue weighted by Crippen LogP contribution is 2.26. The van der Waals surface area contributed by atoms with Crippen LogP contribution in [0.2, 0.25) is 0 Å². The first kappa shape index (κ1) is 17.8. The van der Waals surface area contributed by atoms with Gasteiger partial charge in [0.15, 0.2) is 23.8 Å². The number of amides is 1. The Kier molecular flexibility index (Phi) is 5.40. The zero-order valence-electron chi connectivity index (χ0n) is 14.8. The Bertz CT molecular complexity index is 802. The summed E-state index contributed by atoms with van der Waals surface area (Å²) in [5, 5.41) is 6.90. The number of aromatic amines is 1. The minimum atomic E-state index is -0.482. The van der Waals surface area contributed by atoms with Gasteiger partial charge >= 0.3 is 5.97 Å². The van der Waals surface area contributed by atoms with Crippen molar-refractivity contribution in [1.82, 2.24) is 15.1 Å². The summed E-state index contributed by atoms with van der Waals surface area (Å²) in [6, 6.07) is 7.15. The van der Waals surface area contributed by atoms with E-state index in [9.17, 15) is 9.59 Å². The zero-order valence-corrected chi connectivity index (χ0v) is 14.8. The predicted octanol–water partition coefficient (Wildman–Crippen LogP) is 1.56. The number of carbonyl (C=O) groups is 2. The van der Waals surface area contributed by atoms with Crippen molar-refractivity contribution in [2.75, 3.05) is 26.9 Å². The van der Waals surface area contributed by atoms with Gasteiger partial charge in [-0.1, -0.05) is 12.1 Å². The van der Waals surface area contributed by atoms with Crippen LogP contribution in [-0.2, 0) is 22.5 Å². The molecule has 0 radical (unpaired) electrons. The monoisotopic (exact) mass is 359 g/mol. The highest BCUT2D eigenvalue weighted by atomic mass is 16.5. The van der Waals surface area contributed by atoms with Crippen molar-refractivity contribution in [2.24, 2.45) is 0 Å². The Morgan fingerprint density at radius 2 is 2.04 bits per heavy atom. The Hall–Kier alpha value is -3.03. The molecule has 0 atom stereocenters. The molecule has 2 heterocycles. The lowest BCUT2D eigenvalue weighted by Crippen LogP contribution is -2.39. The second-order valence-electron chi connectivity index (χ2n) is 5.75. The minimum Gasteiger partial charge on any atom is -0.493 e. The molecular formula is C18H21N3O5. The summed E-state index contributed by atoms with van der Waals surface area (Å²) >= 11 is 0. The number of hydrogen-bond acceptors (Lipinski definition) is 6. The van der Waals surface area contributed by atoms with Crippen LogP contribution in [0.5, 0.6) is 11.5 Å². The van der Waals surface area contributed by atoms with E-state index < -0.39 is 5.97 Å². The van der Waals surface area contributed by atoms with Crippen LogP contribution < -0.4 is 9.47 Å². The van der Waals surface area contributed by atoms with E-state index in [0.717, 1.165) is 5.69 Å². The summed E-state index contributed by atoms with van der Waals surface area (Å²) in [6.45, 7) is 2.74. The molecule has 0 saturated carbocycles. The number of H-pyrrole nitrogens is 1. The van der Waals surface area contributed by atoms with Gasteiger partial charge in [-0.05, 0) is 19.1 Å². The molecule has 1 aromatic heterocycles. The van der Waals surface area contributed by atoms with Gasteiger partial charge in [0.1, 0.15) is 0 Å². The van der Waals surface area contributed by atoms with Crippen LogP contribution in [0.15, 0.2) is 24.3 Å². The molecule has 1 aromatic carbocycles. The van der Waals surface area contributed by atoms with Crippen molar-refractivity contribution in [3.05, 3.63) is 41.2 Å². The van der Waals surface area contributed by atoms with Gasteiger partial charge in [-0.2, -0.15) is 5.10 Å². The number of carbonyl (C=O) groups excluding carboxylic acids is 2. The van der Waals surface area contributed by atoms with E-state index in [2.05, 4.69) is 10.2 Å². The molecule has 1 aliphatic rings. The average molecular weight is 359 g/mol. The fraction of sp³-hybridized carbons (Fsp3) is 0.389. The molecule has 26 heavy (non-hydrogen) atoms. The topological polar surface area (TPSA) is 93.8 Å². The molecule has 0 saturated heterocycles. The van der Waals surface area contributed by atoms with E-state index in [1.165, 1.54) is 0 Å². The number of esters is 1. The van der Waals surface area contributed by atoms with Crippen LogP contribution in [0.25, 0.3) is 0 Å². The van der Waals surface area contributed by atoms with Crippen molar-refractivity contribution >= 4 is 11.9 Å². The Balaban J connectivity index is 1.65. The van der Waals surface area contributed by atoms with E-state index in [1.807, 2.05) is 12.1 Å². The van der Waals surface area contributed by atoms with Crippen LogP contribution in [0.3, 0.4) is 0 Å². The maximum absolute atomic E-state index is 12.5. The Morgan fingerprint density at radius 3 is 2.77 bits per heavy atom. The van der Waals surface area contributed by atoms with Gasteiger partial charge < -0.3 is 19.1 Å². The number of methoxy groups -OCH3 is 1. The number of ether oxygens (including phenoxy) is 3. The summed E-state index contributed by atoms with van der Waals surface area (Å²) in [7, 11) is 1.55. The summed E-state index contributed by atoms with van der Waals surface area (Å²) in [4.78, 5) is 26.2. The van der Waals surface area contributed by atoms with Gasteiger partial charge in [0.25, 0.3) is 5.91 Å². The van der Waals surface area contributed by atoms with Crippen LogP contribution in [0.1, 0.15) is 28.7 Å². The maximum Gasteiger partial charge on any atom is 0.359 e. The van der Waals surface area contributed by atoms with Crippen molar-refractivity contribution in [3.63, 3.8) is 0 Å². The number of benzene rings is 1. The lowest BCUT2D eigenvalue weighted by molar-refractivity contribution is -0.134. The first-order valence-corrected chi connectivity index (χ1v) is 8.40. The van der Waals surface area contributed by atoms with Gasteiger partial charge in [0.05, 0.1) is 20.3 Å².